The summed E-state index contributed by atoms with van der Waals surface area (Å²) in [6.45, 7) is 4.11. The molecule has 0 saturated heterocycles. The van der Waals surface area contributed by atoms with E-state index < -0.39 is 0 Å². The van der Waals surface area contributed by atoms with Gasteiger partial charge in [-0.05, 0) is 37.6 Å². The topological polar surface area (TPSA) is 44.1 Å². The number of fused-ring (bicyclic) bond motifs is 1. The molecule has 0 saturated carbocycles. The summed E-state index contributed by atoms with van der Waals surface area (Å²) in [4.78, 5) is 18.8. The molecule has 0 radical (unpaired) electrons. The second-order valence-corrected chi connectivity index (χ2v) is 6.30. The molecule has 4 nitrogen and oxygen atoms in total. The maximum Gasteiger partial charge on any atom is 0.262 e. The van der Waals surface area contributed by atoms with Crippen molar-refractivity contribution in [3.8, 4) is 5.75 Å². The minimum atomic E-state index is -0.361. The Kier molecular flexibility index (Phi) is 3.70. The molecule has 6 heteroatoms. The number of nitrogens with zero attached hydrogens (tertiary/aromatic N) is 2. The second kappa shape index (κ2) is 5.53. The number of methoxy groups -OCH3 is 1. The quantitative estimate of drug-likeness (QED) is 0.744. The summed E-state index contributed by atoms with van der Waals surface area (Å²) in [6, 6.07) is 4.27. The van der Waals surface area contributed by atoms with Crippen LogP contribution in [0.3, 0.4) is 0 Å². The maximum atomic E-state index is 13.5. The SMILES string of the molecule is COc1ccc(F)cc1Cn1cnc2sc(C)c(C)c2c1=O. The van der Waals surface area contributed by atoms with E-state index in [0.717, 1.165) is 15.3 Å². The molecule has 0 amide bonds. The highest BCUT2D eigenvalue weighted by Crippen LogP contribution is 2.26. The summed E-state index contributed by atoms with van der Waals surface area (Å²) >= 11 is 1.51. The zero-order valence-electron chi connectivity index (χ0n) is 12.5. The van der Waals surface area contributed by atoms with E-state index in [1.165, 1.54) is 41.5 Å². The molecule has 2 heterocycles. The largest absolute Gasteiger partial charge is 0.496 e. The molecule has 3 aromatic rings. The van der Waals surface area contributed by atoms with Crippen molar-refractivity contribution in [3.63, 3.8) is 0 Å². The predicted octanol–water partition coefficient (Wildman–Crippen LogP) is 3.27. The van der Waals surface area contributed by atoms with Crippen LogP contribution in [0.4, 0.5) is 4.39 Å². The van der Waals surface area contributed by atoms with E-state index in [0.29, 0.717) is 16.7 Å². The van der Waals surface area contributed by atoms with E-state index in [1.54, 1.807) is 6.07 Å². The second-order valence-electron chi connectivity index (χ2n) is 5.10. The molecular formula is C16H15FN2O2S. The van der Waals surface area contributed by atoms with Crippen LogP contribution in [0, 0.1) is 19.7 Å². The lowest BCUT2D eigenvalue weighted by Crippen LogP contribution is -2.21. The number of hydrogen-bond acceptors (Lipinski definition) is 4. The Morgan fingerprint density at radius 3 is 2.86 bits per heavy atom. The molecule has 114 valence electrons. The van der Waals surface area contributed by atoms with Crippen molar-refractivity contribution in [3.05, 3.63) is 56.7 Å². The van der Waals surface area contributed by atoms with Crippen LogP contribution in [0.25, 0.3) is 10.2 Å². The van der Waals surface area contributed by atoms with Crippen molar-refractivity contribution in [1.82, 2.24) is 9.55 Å². The van der Waals surface area contributed by atoms with Gasteiger partial charge in [0.1, 0.15) is 16.4 Å². The number of thiophene rings is 1. The highest BCUT2D eigenvalue weighted by atomic mass is 32.1. The summed E-state index contributed by atoms with van der Waals surface area (Å²) < 4.78 is 20.2. The van der Waals surface area contributed by atoms with Crippen molar-refractivity contribution < 1.29 is 9.13 Å². The Bertz CT molecular complexity index is 914. The number of ether oxygens (including phenoxy) is 1. The standard InChI is InChI=1S/C16H15FN2O2S/c1-9-10(2)22-15-14(9)16(20)19(8-18-15)7-11-6-12(17)4-5-13(11)21-3/h4-6,8H,7H2,1-3H3. The third-order valence-electron chi connectivity index (χ3n) is 3.74. The summed E-state index contributed by atoms with van der Waals surface area (Å²) in [5.74, 6) is 0.187. The Labute approximate surface area is 130 Å². The zero-order chi connectivity index (χ0) is 15.9. The molecule has 0 bridgehead atoms. The average molecular weight is 318 g/mol. The van der Waals surface area contributed by atoms with Gasteiger partial charge in [0.25, 0.3) is 5.56 Å². The third kappa shape index (κ3) is 2.39. The molecule has 0 aliphatic carbocycles. The molecule has 0 fully saturated rings. The summed E-state index contributed by atoms with van der Waals surface area (Å²) in [5, 5.41) is 0.639. The van der Waals surface area contributed by atoms with Gasteiger partial charge in [-0.2, -0.15) is 0 Å². The number of hydrogen-bond donors (Lipinski definition) is 0. The van der Waals surface area contributed by atoms with E-state index in [9.17, 15) is 9.18 Å². The molecule has 3 rings (SSSR count). The monoisotopic (exact) mass is 318 g/mol. The molecule has 0 aliphatic heterocycles. The molecule has 0 unspecified atom stereocenters. The number of aromatic nitrogens is 2. The number of benzene rings is 1. The van der Waals surface area contributed by atoms with E-state index in [-0.39, 0.29) is 17.9 Å². The molecule has 2 aromatic heterocycles. The normalized spacial score (nSPS) is 11.1. The lowest BCUT2D eigenvalue weighted by atomic mass is 10.2. The van der Waals surface area contributed by atoms with Crippen molar-refractivity contribution >= 4 is 21.6 Å². The van der Waals surface area contributed by atoms with Crippen LogP contribution >= 0.6 is 11.3 Å². The Morgan fingerprint density at radius 2 is 2.14 bits per heavy atom. The maximum absolute atomic E-state index is 13.5. The predicted molar refractivity (Wildman–Crippen MR) is 85.4 cm³/mol. The van der Waals surface area contributed by atoms with Gasteiger partial charge in [-0.15, -0.1) is 11.3 Å². The Balaban J connectivity index is 2.12. The van der Waals surface area contributed by atoms with Gasteiger partial charge in [-0.1, -0.05) is 0 Å². The lowest BCUT2D eigenvalue weighted by molar-refractivity contribution is 0.406. The van der Waals surface area contributed by atoms with Crippen molar-refractivity contribution in [2.75, 3.05) is 7.11 Å². The van der Waals surface area contributed by atoms with Gasteiger partial charge in [0.15, 0.2) is 0 Å². The summed E-state index contributed by atoms with van der Waals surface area (Å²) in [7, 11) is 1.52. The van der Waals surface area contributed by atoms with Gasteiger partial charge in [-0.3, -0.25) is 9.36 Å². The van der Waals surface area contributed by atoms with E-state index in [4.69, 9.17) is 4.74 Å². The first-order valence-corrected chi connectivity index (χ1v) is 7.60. The first kappa shape index (κ1) is 14.7. The molecular weight excluding hydrogens is 303 g/mol. The van der Waals surface area contributed by atoms with Crippen molar-refractivity contribution in [1.29, 1.82) is 0 Å². The molecule has 22 heavy (non-hydrogen) atoms. The number of aryl methyl sites for hydroxylation is 2. The fraction of sp³-hybridized carbons (Fsp3) is 0.250. The number of rotatable bonds is 3. The molecule has 0 spiro atoms. The minimum absolute atomic E-state index is 0.113. The first-order valence-electron chi connectivity index (χ1n) is 6.79. The van der Waals surface area contributed by atoms with E-state index in [1.807, 2.05) is 13.8 Å². The van der Waals surface area contributed by atoms with Gasteiger partial charge in [-0.25, -0.2) is 9.37 Å². The summed E-state index contributed by atoms with van der Waals surface area (Å²) in [6.07, 6.45) is 1.50. The molecule has 1 aromatic carbocycles. The Hall–Kier alpha value is -2.21. The Morgan fingerprint density at radius 1 is 1.36 bits per heavy atom. The van der Waals surface area contributed by atoms with Crippen LogP contribution in [0.1, 0.15) is 16.0 Å². The average Bonchev–Trinajstić information content (AvgIpc) is 2.78. The van der Waals surface area contributed by atoms with Crippen LogP contribution in [0.5, 0.6) is 5.75 Å². The van der Waals surface area contributed by atoms with Crippen LogP contribution in [-0.4, -0.2) is 16.7 Å². The highest BCUT2D eigenvalue weighted by Gasteiger charge is 2.13. The smallest absolute Gasteiger partial charge is 0.262 e. The van der Waals surface area contributed by atoms with Crippen molar-refractivity contribution in [2.24, 2.45) is 0 Å². The summed E-state index contributed by atoms with van der Waals surface area (Å²) in [5.41, 5.74) is 1.45. The molecule has 0 N–H and O–H groups in total. The number of halogens is 1. The van der Waals surface area contributed by atoms with Crippen LogP contribution in [0.2, 0.25) is 0 Å². The van der Waals surface area contributed by atoms with Crippen molar-refractivity contribution in [2.45, 2.75) is 20.4 Å². The first-order chi connectivity index (χ1) is 10.5. The van der Waals surface area contributed by atoms with E-state index >= 15 is 0 Å². The highest BCUT2D eigenvalue weighted by molar-refractivity contribution is 7.18. The van der Waals surface area contributed by atoms with Gasteiger partial charge in [0, 0.05) is 10.4 Å². The molecule has 0 atom stereocenters. The zero-order valence-corrected chi connectivity index (χ0v) is 13.3. The fourth-order valence-electron chi connectivity index (χ4n) is 2.44. The van der Waals surface area contributed by atoms with Crippen LogP contribution in [-0.2, 0) is 6.54 Å². The van der Waals surface area contributed by atoms with Crippen LogP contribution < -0.4 is 10.3 Å². The van der Waals surface area contributed by atoms with E-state index in [2.05, 4.69) is 4.98 Å². The molecule has 0 aliphatic rings. The third-order valence-corrected chi connectivity index (χ3v) is 4.85. The van der Waals surface area contributed by atoms with Gasteiger partial charge in [0.2, 0.25) is 0 Å². The lowest BCUT2D eigenvalue weighted by Gasteiger charge is -2.10. The van der Waals surface area contributed by atoms with Gasteiger partial charge in [0.05, 0.1) is 25.4 Å². The van der Waals surface area contributed by atoms with Gasteiger partial charge >= 0.3 is 0 Å². The van der Waals surface area contributed by atoms with Crippen LogP contribution in [0.15, 0.2) is 29.3 Å². The minimum Gasteiger partial charge on any atom is -0.496 e. The fourth-order valence-corrected chi connectivity index (χ4v) is 3.42. The van der Waals surface area contributed by atoms with Gasteiger partial charge < -0.3 is 4.74 Å².